The summed E-state index contributed by atoms with van der Waals surface area (Å²) in [5.41, 5.74) is 0.134. The van der Waals surface area contributed by atoms with Crippen molar-refractivity contribution in [1.82, 2.24) is 4.98 Å². The highest BCUT2D eigenvalue weighted by atomic mass is 32.2. The van der Waals surface area contributed by atoms with Crippen molar-refractivity contribution >= 4 is 34.2 Å². The number of nitrogens with one attached hydrogen (secondary N) is 1. The lowest BCUT2D eigenvalue weighted by Gasteiger charge is -2.11. The Balaban J connectivity index is 1.87. The van der Waals surface area contributed by atoms with Crippen LogP contribution in [0.4, 0.5) is 5.13 Å². The van der Waals surface area contributed by atoms with Crippen LogP contribution in [-0.2, 0) is 0 Å². The van der Waals surface area contributed by atoms with Gasteiger partial charge in [-0.15, -0.1) is 11.3 Å². The maximum atomic E-state index is 10.7. The predicted octanol–water partition coefficient (Wildman–Crippen LogP) is 2.93. The lowest BCUT2D eigenvalue weighted by molar-refractivity contribution is 0.0691. The highest BCUT2D eigenvalue weighted by Gasteiger charge is 2.25. The molecule has 0 saturated heterocycles. The van der Waals surface area contributed by atoms with Crippen molar-refractivity contribution in [2.24, 2.45) is 0 Å². The van der Waals surface area contributed by atoms with Gasteiger partial charge in [-0.25, -0.2) is 9.78 Å². The summed E-state index contributed by atoms with van der Waals surface area (Å²) in [5.74, 6) is 0.206. The molecule has 1 aliphatic rings. The van der Waals surface area contributed by atoms with Crippen LogP contribution < -0.4 is 5.32 Å². The first kappa shape index (κ1) is 12.7. The Morgan fingerprint density at radius 3 is 3.18 bits per heavy atom. The molecule has 1 saturated carbocycles. The molecule has 2 N–H and O–H groups in total. The Morgan fingerprint density at radius 1 is 1.71 bits per heavy atom. The van der Waals surface area contributed by atoms with Gasteiger partial charge in [-0.1, -0.05) is 6.92 Å². The predicted molar refractivity (Wildman–Crippen MR) is 72.3 cm³/mol. The number of anilines is 1. The molecule has 6 heteroatoms. The van der Waals surface area contributed by atoms with Gasteiger partial charge in [0, 0.05) is 16.7 Å². The molecule has 1 aromatic heterocycles. The molecule has 0 bridgehead atoms. The molecule has 1 aliphatic carbocycles. The van der Waals surface area contributed by atoms with Gasteiger partial charge in [0.1, 0.15) is 0 Å². The van der Waals surface area contributed by atoms with Crippen LogP contribution in [0.1, 0.15) is 36.7 Å². The van der Waals surface area contributed by atoms with Crippen molar-refractivity contribution in [2.45, 2.75) is 37.5 Å². The number of hydrogen-bond acceptors (Lipinski definition) is 5. The third-order valence-electron chi connectivity index (χ3n) is 2.84. The molecule has 2 rings (SSSR count). The minimum atomic E-state index is -0.958. The first-order valence-electron chi connectivity index (χ1n) is 5.76. The normalized spacial score (nSPS) is 23.8. The average molecular weight is 272 g/mol. The van der Waals surface area contributed by atoms with Crippen molar-refractivity contribution in [3.8, 4) is 0 Å². The molecule has 0 spiro atoms. The number of thioether (sulfide) groups is 1. The van der Waals surface area contributed by atoms with Gasteiger partial charge >= 0.3 is 5.97 Å². The minimum absolute atomic E-state index is 0.134. The molecular weight excluding hydrogens is 256 g/mol. The van der Waals surface area contributed by atoms with Crippen LogP contribution >= 0.6 is 23.1 Å². The summed E-state index contributed by atoms with van der Waals surface area (Å²) < 4.78 is 0. The first-order chi connectivity index (χ1) is 8.19. The molecule has 94 valence electrons. The van der Waals surface area contributed by atoms with E-state index in [9.17, 15) is 4.79 Å². The Morgan fingerprint density at radius 2 is 2.53 bits per heavy atom. The number of aromatic nitrogens is 1. The maximum absolute atomic E-state index is 10.7. The van der Waals surface area contributed by atoms with E-state index in [0.29, 0.717) is 6.04 Å². The monoisotopic (exact) mass is 272 g/mol. The fraction of sp³-hybridized carbons (Fsp3) is 0.636. The van der Waals surface area contributed by atoms with Crippen molar-refractivity contribution in [3.05, 3.63) is 11.1 Å². The molecule has 1 heterocycles. The smallest absolute Gasteiger partial charge is 0.355 e. The highest BCUT2D eigenvalue weighted by molar-refractivity contribution is 7.99. The summed E-state index contributed by atoms with van der Waals surface area (Å²) in [6, 6.07) is 0.451. The molecule has 17 heavy (non-hydrogen) atoms. The van der Waals surface area contributed by atoms with Gasteiger partial charge in [-0.2, -0.15) is 11.8 Å². The van der Waals surface area contributed by atoms with Gasteiger partial charge in [0.25, 0.3) is 0 Å². The summed E-state index contributed by atoms with van der Waals surface area (Å²) in [6.45, 7) is 2.19. The number of rotatable bonds is 5. The van der Waals surface area contributed by atoms with E-state index < -0.39 is 5.97 Å². The van der Waals surface area contributed by atoms with Gasteiger partial charge in [0.05, 0.1) is 0 Å². The summed E-state index contributed by atoms with van der Waals surface area (Å²) in [4.78, 5) is 14.7. The van der Waals surface area contributed by atoms with Crippen LogP contribution in [0.3, 0.4) is 0 Å². The molecule has 0 amide bonds. The molecule has 1 aromatic rings. The van der Waals surface area contributed by atoms with Gasteiger partial charge in [0.2, 0.25) is 0 Å². The van der Waals surface area contributed by atoms with Crippen LogP contribution in [0.15, 0.2) is 5.38 Å². The Labute approximate surface area is 109 Å². The molecule has 1 fully saturated rings. The zero-order valence-electron chi connectivity index (χ0n) is 9.68. The van der Waals surface area contributed by atoms with E-state index in [-0.39, 0.29) is 5.69 Å². The average Bonchev–Trinajstić information content (AvgIpc) is 2.89. The van der Waals surface area contributed by atoms with Gasteiger partial charge in [-0.05, 0) is 25.0 Å². The quantitative estimate of drug-likeness (QED) is 0.863. The standard InChI is InChI=1S/C11H16N2O2S2/c1-2-16-8-4-3-7(5-8)12-11-13-9(6-17-11)10(14)15/h6-8H,2-5H2,1H3,(H,12,13)(H,14,15). The summed E-state index contributed by atoms with van der Waals surface area (Å²) in [5, 5.41) is 15.2. The Hall–Kier alpha value is -0.750. The third-order valence-corrected chi connectivity index (χ3v) is 4.84. The second kappa shape index (κ2) is 5.73. The molecule has 2 unspecified atom stereocenters. The highest BCUT2D eigenvalue weighted by Crippen LogP contribution is 2.32. The van der Waals surface area contributed by atoms with Crippen molar-refractivity contribution in [1.29, 1.82) is 0 Å². The van der Waals surface area contributed by atoms with Gasteiger partial charge in [-0.3, -0.25) is 0 Å². The topological polar surface area (TPSA) is 62.2 Å². The Kier molecular flexibility index (Phi) is 4.28. The van der Waals surface area contributed by atoms with Crippen LogP contribution in [0.2, 0.25) is 0 Å². The summed E-state index contributed by atoms with van der Waals surface area (Å²) in [6.07, 6.45) is 3.55. The second-order valence-corrected chi connectivity index (χ2v) is 6.51. The summed E-state index contributed by atoms with van der Waals surface area (Å²) >= 11 is 3.38. The zero-order valence-corrected chi connectivity index (χ0v) is 11.3. The lowest BCUT2D eigenvalue weighted by atomic mass is 10.3. The Bertz CT molecular complexity index is 395. The van der Waals surface area contributed by atoms with Gasteiger partial charge < -0.3 is 10.4 Å². The zero-order chi connectivity index (χ0) is 12.3. The fourth-order valence-corrected chi connectivity index (χ4v) is 3.98. The number of nitrogens with zero attached hydrogens (tertiary/aromatic N) is 1. The molecule has 2 atom stereocenters. The van der Waals surface area contributed by atoms with Crippen molar-refractivity contribution in [2.75, 3.05) is 11.1 Å². The van der Waals surface area contributed by atoms with E-state index in [1.807, 2.05) is 11.8 Å². The number of aromatic carboxylic acids is 1. The van der Waals surface area contributed by atoms with Crippen LogP contribution in [0.5, 0.6) is 0 Å². The number of hydrogen-bond donors (Lipinski definition) is 2. The van der Waals surface area contributed by atoms with E-state index >= 15 is 0 Å². The minimum Gasteiger partial charge on any atom is -0.476 e. The number of carbonyl (C=O) groups is 1. The summed E-state index contributed by atoms with van der Waals surface area (Å²) in [7, 11) is 0. The largest absolute Gasteiger partial charge is 0.476 e. The van der Waals surface area contributed by atoms with E-state index in [4.69, 9.17) is 5.11 Å². The molecule has 0 radical (unpaired) electrons. The van der Waals surface area contributed by atoms with Crippen molar-refractivity contribution in [3.63, 3.8) is 0 Å². The van der Waals surface area contributed by atoms with E-state index in [0.717, 1.165) is 29.0 Å². The molecule has 0 aromatic carbocycles. The van der Waals surface area contributed by atoms with Crippen LogP contribution in [0.25, 0.3) is 0 Å². The van der Waals surface area contributed by atoms with E-state index in [1.165, 1.54) is 17.8 Å². The van der Waals surface area contributed by atoms with Gasteiger partial charge in [0.15, 0.2) is 10.8 Å². The second-order valence-electron chi connectivity index (χ2n) is 4.07. The van der Waals surface area contributed by atoms with Crippen LogP contribution in [-0.4, -0.2) is 33.1 Å². The molecule has 0 aliphatic heterocycles. The van der Waals surface area contributed by atoms with Crippen molar-refractivity contribution < 1.29 is 9.90 Å². The first-order valence-corrected chi connectivity index (χ1v) is 7.69. The third kappa shape index (κ3) is 3.35. The number of carboxylic acids is 1. The fourth-order valence-electron chi connectivity index (χ4n) is 2.07. The maximum Gasteiger partial charge on any atom is 0.355 e. The SMILES string of the molecule is CCSC1CCC(Nc2nc(C(=O)O)cs2)C1. The van der Waals surface area contributed by atoms with E-state index in [1.54, 1.807) is 5.38 Å². The number of thiazole rings is 1. The molecule has 4 nitrogen and oxygen atoms in total. The molecular formula is C11H16N2O2S2. The van der Waals surface area contributed by atoms with E-state index in [2.05, 4.69) is 17.2 Å². The lowest BCUT2D eigenvalue weighted by Crippen LogP contribution is -2.16. The van der Waals surface area contributed by atoms with Crippen LogP contribution in [0, 0.1) is 0 Å². The number of carboxylic acid groups (broad SMARTS) is 1.